The van der Waals surface area contributed by atoms with Crippen LogP contribution in [0.5, 0.6) is 17.2 Å². The van der Waals surface area contributed by atoms with Crippen LogP contribution in [0.3, 0.4) is 0 Å². The zero-order valence-corrected chi connectivity index (χ0v) is 10.1. The molecule has 2 aromatic carbocycles. The van der Waals surface area contributed by atoms with Gasteiger partial charge in [-0.15, -0.1) is 0 Å². The second-order valence-corrected chi connectivity index (χ2v) is 4.16. The van der Waals surface area contributed by atoms with Crippen LogP contribution in [-0.4, -0.2) is 6.79 Å². The zero-order valence-electron chi connectivity index (χ0n) is 10.1. The first-order valence-corrected chi connectivity index (χ1v) is 5.79. The fraction of sp³-hybridized carbons (Fsp3) is 0.143. The van der Waals surface area contributed by atoms with Crippen LogP contribution in [-0.2, 0) is 6.61 Å². The number of fused-ring (bicyclic) bond motifs is 1. The second kappa shape index (κ2) is 4.68. The molecule has 0 spiro atoms. The smallest absolute Gasteiger partial charge is 0.231 e. The predicted molar refractivity (Wildman–Crippen MR) is 67.7 cm³/mol. The maximum absolute atomic E-state index is 13.0. The average molecular weight is 261 g/mol. The molecular formula is C14H12FNO3. The Morgan fingerprint density at radius 3 is 2.95 bits per heavy atom. The monoisotopic (exact) mass is 261 g/mol. The summed E-state index contributed by atoms with van der Waals surface area (Å²) in [5.41, 5.74) is 7.19. The Kier molecular flexibility index (Phi) is 2.87. The number of anilines is 1. The van der Waals surface area contributed by atoms with E-state index < -0.39 is 0 Å². The van der Waals surface area contributed by atoms with Crippen molar-refractivity contribution in [3.8, 4) is 17.2 Å². The highest BCUT2D eigenvalue weighted by Gasteiger charge is 2.17. The molecule has 1 aliphatic rings. The summed E-state index contributed by atoms with van der Waals surface area (Å²) in [4.78, 5) is 0. The Labute approximate surface area is 109 Å². The largest absolute Gasteiger partial charge is 0.489 e. The minimum absolute atomic E-state index is 0.174. The van der Waals surface area contributed by atoms with Gasteiger partial charge in [0.15, 0.2) is 11.5 Å². The second-order valence-electron chi connectivity index (χ2n) is 4.16. The van der Waals surface area contributed by atoms with E-state index >= 15 is 0 Å². The molecule has 0 radical (unpaired) electrons. The molecule has 0 saturated carbocycles. The Balaban J connectivity index is 1.76. The lowest BCUT2D eigenvalue weighted by Gasteiger charge is -2.08. The van der Waals surface area contributed by atoms with Crippen molar-refractivity contribution in [1.29, 1.82) is 0 Å². The maximum Gasteiger partial charge on any atom is 0.231 e. The molecule has 0 saturated heterocycles. The van der Waals surface area contributed by atoms with E-state index in [0.717, 1.165) is 5.56 Å². The molecule has 0 unspecified atom stereocenters. The van der Waals surface area contributed by atoms with Crippen molar-refractivity contribution in [2.45, 2.75) is 6.61 Å². The van der Waals surface area contributed by atoms with Gasteiger partial charge in [0.05, 0.1) is 5.69 Å². The highest BCUT2D eigenvalue weighted by atomic mass is 19.1. The van der Waals surface area contributed by atoms with E-state index in [-0.39, 0.29) is 19.2 Å². The minimum atomic E-state index is -0.331. The van der Waals surface area contributed by atoms with Crippen LogP contribution in [0.4, 0.5) is 10.1 Å². The molecule has 4 nitrogen and oxygen atoms in total. The SMILES string of the molecule is Nc1cc(COc2cccc(F)c2)cc2c1OCO2. The average Bonchev–Trinajstić information content (AvgIpc) is 2.85. The molecule has 0 aromatic heterocycles. The van der Waals surface area contributed by atoms with Gasteiger partial charge < -0.3 is 19.9 Å². The van der Waals surface area contributed by atoms with Gasteiger partial charge in [-0.25, -0.2) is 4.39 Å². The van der Waals surface area contributed by atoms with Gasteiger partial charge in [-0.05, 0) is 29.8 Å². The third-order valence-electron chi connectivity index (χ3n) is 2.76. The molecule has 98 valence electrons. The lowest BCUT2D eigenvalue weighted by atomic mass is 10.2. The molecule has 2 N–H and O–H groups in total. The van der Waals surface area contributed by atoms with E-state index in [0.29, 0.717) is 22.9 Å². The summed E-state index contributed by atoms with van der Waals surface area (Å²) in [6.45, 7) is 0.456. The number of benzene rings is 2. The summed E-state index contributed by atoms with van der Waals surface area (Å²) in [7, 11) is 0. The van der Waals surface area contributed by atoms with Gasteiger partial charge in [-0.2, -0.15) is 0 Å². The number of ether oxygens (including phenoxy) is 3. The number of nitrogens with two attached hydrogens (primary N) is 1. The Morgan fingerprint density at radius 2 is 2.11 bits per heavy atom. The number of hydrogen-bond acceptors (Lipinski definition) is 4. The van der Waals surface area contributed by atoms with E-state index in [4.69, 9.17) is 19.9 Å². The molecule has 0 bridgehead atoms. The molecule has 3 rings (SSSR count). The molecule has 0 amide bonds. The van der Waals surface area contributed by atoms with Crippen LogP contribution in [0.1, 0.15) is 5.56 Å². The van der Waals surface area contributed by atoms with E-state index in [1.165, 1.54) is 12.1 Å². The zero-order chi connectivity index (χ0) is 13.2. The van der Waals surface area contributed by atoms with Crippen molar-refractivity contribution in [2.75, 3.05) is 12.5 Å². The van der Waals surface area contributed by atoms with Crippen LogP contribution in [0, 0.1) is 5.82 Å². The van der Waals surface area contributed by atoms with Gasteiger partial charge >= 0.3 is 0 Å². The Morgan fingerprint density at radius 1 is 1.21 bits per heavy atom. The molecule has 0 fully saturated rings. The Hall–Kier alpha value is -2.43. The van der Waals surface area contributed by atoms with Crippen LogP contribution < -0.4 is 19.9 Å². The fourth-order valence-electron chi connectivity index (χ4n) is 1.90. The van der Waals surface area contributed by atoms with Crippen molar-refractivity contribution >= 4 is 5.69 Å². The van der Waals surface area contributed by atoms with E-state index in [1.54, 1.807) is 24.3 Å². The fourth-order valence-corrected chi connectivity index (χ4v) is 1.90. The molecule has 1 aliphatic heterocycles. The van der Waals surface area contributed by atoms with Crippen LogP contribution in [0.25, 0.3) is 0 Å². The third-order valence-corrected chi connectivity index (χ3v) is 2.76. The molecule has 1 heterocycles. The lowest BCUT2D eigenvalue weighted by Crippen LogP contribution is -1.98. The van der Waals surface area contributed by atoms with Gasteiger partial charge in [-0.1, -0.05) is 6.07 Å². The molecule has 5 heteroatoms. The maximum atomic E-state index is 13.0. The molecule has 19 heavy (non-hydrogen) atoms. The molecule has 2 aromatic rings. The summed E-state index contributed by atoms with van der Waals surface area (Å²) < 4.78 is 29.0. The quantitative estimate of drug-likeness (QED) is 0.863. The van der Waals surface area contributed by atoms with E-state index in [1.807, 2.05) is 0 Å². The predicted octanol–water partition coefficient (Wildman–Crippen LogP) is 2.72. The van der Waals surface area contributed by atoms with Crippen molar-refractivity contribution in [3.63, 3.8) is 0 Å². The van der Waals surface area contributed by atoms with Gasteiger partial charge in [0.1, 0.15) is 18.2 Å². The molecular weight excluding hydrogens is 249 g/mol. The van der Waals surface area contributed by atoms with Crippen molar-refractivity contribution in [2.24, 2.45) is 0 Å². The Bertz CT molecular complexity index is 616. The highest BCUT2D eigenvalue weighted by molar-refractivity contribution is 5.63. The summed E-state index contributed by atoms with van der Waals surface area (Å²) in [5, 5.41) is 0. The van der Waals surface area contributed by atoms with Crippen molar-refractivity contribution in [1.82, 2.24) is 0 Å². The summed E-state index contributed by atoms with van der Waals surface area (Å²) in [6.07, 6.45) is 0. The van der Waals surface area contributed by atoms with Crippen molar-refractivity contribution in [3.05, 3.63) is 47.8 Å². The van der Waals surface area contributed by atoms with Gasteiger partial charge in [-0.3, -0.25) is 0 Å². The topological polar surface area (TPSA) is 53.7 Å². The molecule has 0 atom stereocenters. The number of hydrogen-bond donors (Lipinski definition) is 1. The first-order valence-electron chi connectivity index (χ1n) is 5.79. The number of nitrogen functional groups attached to an aromatic ring is 1. The summed E-state index contributed by atoms with van der Waals surface area (Å²) >= 11 is 0. The van der Waals surface area contributed by atoms with E-state index in [2.05, 4.69) is 0 Å². The first-order chi connectivity index (χ1) is 9.22. The summed E-state index contributed by atoms with van der Waals surface area (Å²) in [5.74, 6) is 1.31. The third kappa shape index (κ3) is 2.40. The number of rotatable bonds is 3. The first kappa shape index (κ1) is 11.6. The van der Waals surface area contributed by atoms with Gasteiger partial charge in [0.2, 0.25) is 6.79 Å². The highest BCUT2D eigenvalue weighted by Crippen LogP contribution is 2.38. The van der Waals surface area contributed by atoms with Crippen LogP contribution in [0.2, 0.25) is 0 Å². The van der Waals surface area contributed by atoms with Gasteiger partial charge in [0.25, 0.3) is 0 Å². The van der Waals surface area contributed by atoms with Crippen molar-refractivity contribution < 1.29 is 18.6 Å². The number of halogens is 1. The minimum Gasteiger partial charge on any atom is -0.489 e. The molecule has 0 aliphatic carbocycles. The van der Waals surface area contributed by atoms with Gasteiger partial charge in [0, 0.05) is 6.07 Å². The normalized spacial score (nSPS) is 12.5. The van der Waals surface area contributed by atoms with Crippen LogP contribution in [0.15, 0.2) is 36.4 Å². The van der Waals surface area contributed by atoms with E-state index in [9.17, 15) is 4.39 Å². The van der Waals surface area contributed by atoms with Crippen LogP contribution >= 0.6 is 0 Å². The summed E-state index contributed by atoms with van der Waals surface area (Å²) in [6, 6.07) is 9.55. The lowest BCUT2D eigenvalue weighted by molar-refractivity contribution is 0.174. The standard InChI is InChI=1S/C14H12FNO3/c15-10-2-1-3-11(6-10)17-7-9-4-12(16)14-13(5-9)18-8-19-14/h1-6H,7-8,16H2.